The van der Waals surface area contributed by atoms with Crippen LogP contribution in [0.1, 0.15) is 24.8 Å². The second-order valence-corrected chi connectivity index (χ2v) is 7.18. The van der Waals surface area contributed by atoms with Crippen LogP contribution in [-0.2, 0) is 26.2 Å². The normalized spacial score (nSPS) is 18.3. The van der Waals surface area contributed by atoms with Gasteiger partial charge in [0.15, 0.2) is 11.6 Å². The fourth-order valence-electron chi connectivity index (χ4n) is 2.54. The molecule has 0 bridgehead atoms. The molecule has 23 heavy (non-hydrogen) atoms. The van der Waals surface area contributed by atoms with Crippen LogP contribution < -0.4 is 4.72 Å². The summed E-state index contributed by atoms with van der Waals surface area (Å²) in [6.07, 6.45) is 1.17. The molecule has 9 heteroatoms. The molecule has 126 valence electrons. The number of sulfonamides is 1. The summed E-state index contributed by atoms with van der Waals surface area (Å²) in [4.78, 5) is 24.9. The molecule has 1 aliphatic heterocycles. The largest absolute Gasteiger partial charge is 0.335 e. The van der Waals surface area contributed by atoms with E-state index in [1.807, 2.05) is 4.72 Å². The van der Waals surface area contributed by atoms with Gasteiger partial charge in [-0.1, -0.05) is 12.1 Å². The standard InChI is InChI=1S/C14H16F2N2O4S/c1-23(21,22)17-12(19)7-10-5-6-13(20)18(10)8-9-3-2-4-11(15)14(9)16/h2-4,10H,5-8H2,1H3,(H,17,19). The molecule has 1 aromatic carbocycles. The van der Waals surface area contributed by atoms with E-state index in [0.29, 0.717) is 6.42 Å². The van der Waals surface area contributed by atoms with Crippen LogP contribution in [0.15, 0.2) is 18.2 Å². The highest BCUT2D eigenvalue weighted by molar-refractivity contribution is 7.89. The van der Waals surface area contributed by atoms with Crippen LogP contribution in [0.2, 0.25) is 0 Å². The molecule has 6 nitrogen and oxygen atoms in total. The fourth-order valence-corrected chi connectivity index (χ4v) is 3.04. The maximum Gasteiger partial charge on any atom is 0.235 e. The molecule has 1 heterocycles. The van der Waals surface area contributed by atoms with Crippen molar-refractivity contribution in [3.63, 3.8) is 0 Å². The number of rotatable bonds is 5. The number of hydrogen-bond donors (Lipinski definition) is 1. The molecule has 0 radical (unpaired) electrons. The average Bonchev–Trinajstić information content (AvgIpc) is 2.74. The number of carbonyl (C=O) groups excluding carboxylic acids is 2. The predicted octanol–water partition coefficient (Wildman–Crippen LogP) is 0.922. The molecule has 1 aromatic rings. The highest BCUT2D eigenvalue weighted by Crippen LogP contribution is 2.25. The molecule has 0 aromatic heterocycles. The Morgan fingerprint density at radius 2 is 2.09 bits per heavy atom. The van der Waals surface area contributed by atoms with Crippen molar-refractivity contribution in [2.75, 3.05) is 6.26 Å². The molecule has 1 N–H and O–H groups in total. The van der Waals surface area contributed by atoms with Gasteiger partial charge >= 0.3 is 0 Å². The molecule has 0 saturated carbocycles. The van der Waals surface area contributed by atoms with Crippen molar-refractivity contribution in [1.29, 1.82) is 0 Å². The number of benzene rings is 1. The van der Waals surface area contributed by atoms with Gasteiger partial charge in [0.2, 0.25) is 21.8 Å². The summed E-state index contributed by atoms with van der Waals surface area (Å²) in [5.74, 6) is -3.07. The molecule has 2 amide bonds. The van der Waals surface area contributed by atoms with Crippen LogP contribution in [0.3, 0.4) is 0 Å². The van der Waals surface area contributed by atoms with E-state index in [9.17, 15) is 26.8 Å². The smallest absolute Gasteiger partial charge is 0.235 e. The minimum Gasteiger partial charge on any atom is -0.335 e. The van der Waals surface area contributed by atoms with E-state index in [0.717, 1.165) is 12.3 Å². The summed E-state index contributed by atoms with van der Waals surface area (Å²) >= 11 is 0. The molecule has 0 spiro atoms. The molecule has 1 unspecified atom stereocenters. The number of halogens is 2. The lowest BCUT2D eigenvalue weighted by Crippen LogP contribution is -2.38. The highest BCUT2D eigenvalue weighted by Gasteiger charge is 2.33. The van der Waals surface area contributed by atoms with Crippen molar-refractivity contribution >= 4 is 21.8 Å². The van der Waals surface area contributed by atoms with Gasteiger partial charge in [0.25, 0.3) is 0 Å². The van der Waals surface area contributed by atoms with Crippen LogP contribution in [0.25, 0.3) is 0 Å². The Bertz CT molecular complexity index is 736. The monoisotopic (exact) mass is 346 g/mol. The van der Waals surface area contributed by atoms with Crippen LogP contribution in [0, 0.1) is 11.6 Å². The summed E-state index contributed by atoms with van der Waals surface area (Å²) < 4.78 is 50.8. The molecule has 2 rings (SSSR count). The quantitative estimate of drug-likeness (QED) is 0.859. The van der Waals surface area contributed by atoms with Gasteiger partial charge < -0.3 is 4.90 Å². The van der Waals surface area contributed by atoms with Crippen molar-refractivity contribution < 1.29 is 26.8 Å². The van der Waals surface area contributed by atoms with E-state index in [4.69, 9.17) is 0 Å². The third-order valence-electron chi connectivity index (χ3n) is 3.55. The van der Waals surface area contributed by atoms with E-state index in [2.05, 4.69) is 0 Å². The molecule has 1 aliphatic rings. The lowest BCUT2D eigenvalue weighted by atomic mass is 10.1. The first-order chi connectivity index (χ1) is 10.7. The van der Waals surface area contributed by atoms with E-state index in [1.165, 1.54) is 17.0 Å². The van der Waals surface area contributed by atoms with Crippen molar-refractivity contribution in [3.05, 3.63) is 35.4 Å². The van der Waals surface area contributed by atoms with Gasteiger partial charge in [-0.25, -0.2) is 17.2 Å². The summed E-state index contributed by atoms with van der Waals surface area (Å²) in [6.45, 7) is -0.167. The number of amides is 2. The third-order valence-corrected chi connectivity index (χ3v) is 4.14. The molecule has 1 saturated heterocycles. The Balaban J connectivity index is 2.11. The van der Waals surface area contributed by atoms with Crippen LogP contribution in [0.4, 0.5) is 8.78 Å². The zero-order valence-corrected chi connectivity index (χ0v) is 13.2. The number of carbonyl (C=O) groups is 2. The topological polar surface area (TPSA) is 83.5 Å². The van der Waals surface area contributed by atoms with Crippen LogP contribution >= 0.6 is 0 Å². The minimum absolute atomic E-state index is 0.00812. The summed E-state index contributed by atoms with van der Waals surface area (Å²) in [5, 5.41) is 0. The molecule has 1 fully saturated rings. The SMILES string of the molecule is CS(=O)(=O)NC(=O)CC1CCC(=O)N1Cc1cccc(F)c1F. The summed E-state index contributed by atoms with van der Waals surface area (Å²) in [7, 11) is -3.68. The van der Waals surface area contributed by atoms with Crippen molar-refractivity contribution in [3.8, 4) is 0 Å². The Morgan fingerprint density at radius 1 is 1.39 bits per heavy atom. The van der Waals surface area contributed by atoms with Gasteiger partial charge in [-0.2, -0.15) is 0 Å². The lowest BCUT2D eigenvalue weighted by Gasteiger charge is -2.24. The van der Waals surface area contributed by atoms with Crippen molar-refractivity contribution in [1.82, 2.24) is 9.62 Å². The zero-order valence-electron chi connectivity index (χ0n) is 12.4. The van der Waals surface area contributed by atoms with E-state index in [-0.39, 0.29) is 30.9 Å². The Labute approximate surface area is 132 Å². The van der Waals surface area contributed by atoms with Crippen LogP contribution in [-0.4, -0.2) is 37.4 Å². The molecular formula is C14H16F2N2O4S. The van der Waals surface area contributed by atoms with Crippen molar-refractivity contribution in [2.24, 2.45) is 0 Å². The van der Waals surface area contributed by atoms with Gasteiger partial charge in [0.05, 0.1) is 6.26 Å². The predicted molar refractivity (Wildman–Crippen MR) is 77.5 cm³/mol. The van der Waals surface area contributed by atoms with Gasteiger partial charge in [0.1, 0.15) is 0 Å². The van der Waals surface area contributed by atoms with Crippen molar-refractivity contribution in [2.45, 2.75) is 31.8 Å². The van der Waals surface area contributed by atoms with Crippen LogP contribution in [0.5, 0.6) is 0 Å². The first kappa shape index (κ1) is 17.3. The maximum absolute atomic E-state index is 13.7. The molecule has 0 aliphatic carbocycles. The maximum atomic E-state index is 13.7. The number of nitrogens with one attached hydrogen (secondary N) is 1. The number of likely N-dealkylation sites (tertiary alicyclic amines) is 1. The summed E-state index contributed by atoms with van der Waals surface area (Å²) in [5.41, 5.74) is 0.00812. The Morgan fingerprint density at radius 3 is 2.74 bits per heavy atom. The first-order valence-corrected chi connectivity index (χ1v) is 8.79. The van der Waals surface area contributed by atoms with E-state index < -0.39 is 33.6 Å². The van der Waals surface area contributed by atoms with E-state index in [1.54, 1.807) is 0 Å². The van der Waals surface area contributed by atoms with Gasteiger partial charge in [-0.15, -0.1) is 0 Å². The average molecular weight is 346 g/mol. The second-order valence-electron chi connectivity index (χ2n) is 5.43. The van der Waals surface area contributed by atoms with Gasteiger partial charge in [0, 0.05) is 31.0 Å². The Hall–Kier alpha value is -2.03. The highest BCUT2D eigenvalue weighted by atomic mass is 32.2. The second kappa shape index (κ2) is 6.61. The van der Waals surface area contributed by atoms with Gasteiger partial charge in [-0.3, -0.25) is 14.3 Å². The van der Waals surface area contributed by atoms with Gasteiger partial charge in [-0.05, 0) is 12.5 Å². The number of hydrogen-bond acceptors (Lipinski definition) is 4. The van der Waals surface area contributed by atoms with E-state index >= 15 is 0 Å². The Kier molecular flexibility index (Phi) is 4.98. The lowest BCUT2D eigenvalue weighted by molar-refractivity contribution is -0.130. The molecular weight excluding hydrogens is 330 g/mol. The third kappa shape index (κ3) is 4.47. The first-order valence-electron chi connectivity index (χ1n) is 6.90. The zero-order chi connectivity index (χ0) is 17.2. The molecule has 1 atom stereocenters. The minimum atomic E-state index is -3.68. The fraction of sp³-hybridized carbons (Fsp3) is 0.429. The summed E-state index contributed by atoms with van der Waals surface area (Å²) in [6, 6.07) is 3.12. The number of nitrogens with zero attached hydrogens (tertiary/aromatic N) is 1.